The first kappa shape index (κ1) is 12.0. The molecule has 0 aromatic rings. The number of rotatable bonds is 8. The quantitative estimate of drug-likeness (QED) is 0.653. The summed E-state index contributed by atoms with van der Waals surface area (Å²) in [5.74, 6) is 0.927. The van der Waals surface area contributed by atoms with Crippen LogP contribution in [0.1, 0.15) is 52.4 Å². The second-order valence-electron chi connectivity index (χ2n) is 4.41. The fourth-order valence-corrected chi connectivity index (χ4v) is 1.78. The van der Waals surface area contributed by atoms with Crippen LogP contribution in [0.2, 0.25) is 0 Å². The Hall–Kier alpha value is -0.0800. The molecule has 0 heterocycles. The highest BCUT2D eigenvalue weighted by Crippen LogP contribution is 2.32. The molecule has 0 aliphatic heterocycles. The van der Waals surface area contributed by atoms with Gasteiger partial charge in [-0.2, -0.15) is 0 Å². The summed E-state index contributed by atoms with van der Waals surface area (Å²) < 4.78 is 5.71. The molecule has 1 saturated carbocycles. The maximum absolute atomic E-state index is 9.76. The minimum Gasteiger partial charge on any atom is -0.390 e. The summed E-state index contributed by atoms with van der Waals surface area (Å²) in [5.41, 5.74) is 0. The molecule has 0 aromatic heterocycles. The fraction of sp³-hybridized carbons (Fsp3) is 1.00. The zero-order chi connectivity index (χ0) is 10.4. The smallest absolute Gasteiger partial charge is 0.0831 e. The van der Waals surface area contributed by atoms with Crippen molar-refractivity contribution in [2.45, 2.75) is 64.6 Å². The van der Waals surface area contributed by atoms with Crippen LogP contribution < -0.4 is 0 Å². The number of hydrogen-bond donors (Lipinski definition) is 1. The second kappa shape index (κ2) is 6.41. The average molecular weight is 200 g/mol. The molecule has 1 aliphatic rings. The molecule has 0 bridgehead atoms. The van der Waals surface area contributed by atoms with Crippen LogP contribution >= 0.6 is 0 Å². The van der Waals surface area contributed by atoms with E-state index in [1.807, 2.05) is 0 Å². The van der Waals surface area contributed by atoms with Gasteiger partial charge in [-0.15, -0.1) is 0 Å². The largest absolute Gasteiger partial charge is 0.390 e. The maximum Gasteiger partial charge on any atom is 0.0831 e. The zero-order valence-corrected chi connectivity index (χ0v) is 9.54. The summed E-state index contributed by atoms with van der Waals surface area (Å²) in [6.45, 7) is 5.02. The molecule has 1 aliphatic carbocycles. The highest BCUT2D eigenvalue weighted by molar-refractivity contribution is 4.73. The highest BCUT2D eigenvalue weighted by Gasteiger charge is 2.22. The molecule has 1 fully saturated rings. The van der Waals surface area contributed by atoms with Gasteiger partial charge < -0.3 is 9.84 Å². The lowest BCUT2D eigenvalue weighted by Gasteiger charge is -2.21. The Balaban J connectivity index is 2.08. The van der Waals surface area contributed by atoms with Gasteiger partial charge >= 0.3 is 0 Å². The first-order chi connectivity index (χ1) is 6.77. The van der Waals surface area contributed by atoms with Gasteiger partial charge in [-0.1, -0.05) is 33.1 Å². The SMILES string of the molecule is CCCC(O)C(CC)OCCC1CC1. The van der Waals surface area contributed by atoms with Crippen molar-refractivity contribution >= 4 is 0 Å². The van der Waals surface area contributed by atoms with Gasteiger partial charge in [0.15, 0.2) is 0 Å². The first-order valence-electron chi connectivity index (χ1n) is 6.07. The zero-order valence-electron chi connectivity index (χ0n) is 9.54. The van der Waals surface area contributed by atoms with Gasteiger partial charge in [0.1, 0.15) is 0 Å². The number of aliphatic hydroxyl groups excluding tert-OH is 1. The Kier molecular flexibility index (Phi) is 5.49. The third kappa shape index (κ3) is 4.43. The Morgan fingerprint density at radius 1 is 1.36 bits per heavy atom. The average Bonchev–Trinajstić information content (AvgIpc) is 2.96. The molecule has 2 nitrogen and oxygen atoms in total. The molecule has 2 atom stereocenters. The predicted molar refractivity (Wildman–Crippen MR) is 58.3 cm³/mol. The van der Waals surface area contributed by atoms with E-state index in [0.717, 1.165) is 31.8 Å². The van der Waals surface area contributed by atoms with Gasteiger partial charge in [0.05, 0.1) is 12.2 Å². The van der Waals surface area contributed by atoms with Gasteiger partial charge in [-0.25, -0.2) is 0 Å². The third-order valence-electron chi connectivity index (χ3n) is 2.97. The van der Waals surface area contributed by atoms with Crippen LogP contribution in [0.4, 0.5) is 0 Å². The monoisotopic (exact) mass is 200 g/mol. The fourth-order valence-electron chi connectivity index (χ4n) is 1.78. The molecule has 0 amide bonds. The summed E-state index contributed by atoms with van der Waals surface area (Å²) in [7, 11) is 0. The van der Waals surface area contributed by atoms with Gasteiger partial charge in [0.2, 0.25) is 0 Å². The number of ether oxygens (including phenoxy) is 1. The number of hydrogen-bond acceptors (Lipinski definition) is 2. The van der Waals surface area contributed by atoms with Crippen molar-refractivity contribution in [1.82, 2.24) is 0 Å². The summed E-state index contributed by atoms with van der Waals surface area (Å²) in [6, 6.07) is 0. The summed E-state index contributed by atoms with van der Waals surface area (Å²) in [6.07, 6.45) is 6.58. The first-order valence-corrected chi connectivity index (χ1v) is 6.07. The Labute approximate surface area is 87.7 Å². The van der Waals surface area contributed by atoms with E-state index in [0.29, 0.717) is 0 Å². The van der Waals surface area contributed by atoms with Crippen LogP contribution in [0.5, 0.6) is 0 Å². The van der Waals surface area contributed by atoms with Crippen molar-refractivity contribution in [3.05, 3.63) is 0 Å². The normalized spacial score (nSPS) is 20.8. The molecule has 2 unspecified atom stereocenters. The Bertz CT molecular complexity index is 143. The van der Waals surface area contributed by atoms with Gasteiger partial charge in [-0.3, -0.25) is 0 Å². The van der Waals surface area contributed by atoms with E-state index in [9.17, 15) is 5.11 Å². The predicted octanol–water partition coefficient (Wildman–Crippen LogP) is 2.74. The molecular formula is C12H24O2. The lowest BCUT2D eigenvalue weighted by atomic mass is 10.1. The molecule has 0 saturated heterocycles. The molecule has 84 valence electrons. The molecule has 0 aromatic carbocycles. The Morgan fingerprint density at radius 3 is 2.57 bits per heavy atom. The summed E-state index contributed by atoms with van der Waals surface area (Å²) >= 11 is 0. The van der Waals surface area contributed by atoms with Gasteiger partial charge in [-0.05, 0) is 25.2 Å². The van der Waals surface area contributed by atoms with Crippen LogP contribution in [0, 0.1) is 5.92 Å². The van der Waals surface area contributed by atoms with Crippen molar-refractivity contribution in [1.29, 1.82) is 0 Å². The Morgan fingerprint density at radius 2 is 2.07 bits per heavy atom. The molecule has 1 rings (SSSR count). The lowest BCUT2D eigenvalue weighted by molar-refractivity contribution is -0.0438. The van der Waals surface area contributed by atoms with Crippen molar-refractivity contribution in [2.75, 3.05) is 6.61 Å². The number of aliphatic hydroxyl groups is 1. The topological polar surface area (TPSA) is 29.5 Å². The molecular weight excluding hydrogens is 176 g/mol. The van der Waals surface area contributed by atoms with Crippen LogP contribution in [0.25, 0.3) is 0 Å². The van der Waals surface area contributed by atoms with Crippen molar-refractivity contribution in [3.63, 3.8) is 0 Å². The summed E-state index contributed by atoms with van der Waals surface area (Å²) in [5, 5.41) is 9.76. The van der Waals surface area contributed by atoms with Crippen molar-refractivity contribution < 1.29 is 9.84 Å². The van der Waals surface area contributed by atoms with E-state index in [4.69, 9.17) is 4.74 Å². The van der Waals surface area contributed by atoms with Crippen LogP contribution in [0.3, 0.4) is 0 Å². The van der Waals surface area contributed by atoms with E-state index in [2.05, 4.69) is 13.8 Å². The third-order valence-corrected chi connectivity index (χ3v) is 2.97. The molecule has 14 heavy (non-hydrogen) atoms. The molecule has 1 N–H and O–H groups in total. The maximum atomic E-state index is 9.76. The van der Waals surface area contributed by atoms with E-state index in [-0.39, 0.29) is 12.2 Å². The van der Waals surface area contributed by atoms with E-state index >= 15 is 0 Å². The standard InChI is InChI=1S/C12H24O2/c1-3-5-11(13)12(4-2)14-9-8-10-6-7-10/h10-13H,3-9H2,1-2H3. The second-order valence-corrected chi connectivity index (χ2v) is 4.41. The van der Waals surface area contributed by atoms with Crippen molar-refractivity contribution in [3.8, 4) is 0 Å². The van der Waals surface area contributed by atoms with E-state index < -0.39 is 0 Å². The summed E-state index contributed by atoms with van der Waals surface area (Å²) in [4.78, 5) is 0. The van der Waals surface area contributed by atoms with Gasteiger partial charge in [0.25, 0.3) is 0 Å². The molecule has 0 radical (unpaired) electrons. The van der Waals surface area contributed by atoms with E-state index in [1.165, 1.54) is 19.3 Å². The molecule has 0 spiro atoms. The minimum absolute atomic E-state index is 0.0636. The lowest BCUT2D eigenvalue weighted by Crippen LogP contribution is -2.28. The van der Waals surface area contributed by atoms with Crippen LogP contribution in [-0.4, -0.2) is 23.9 Å². The highest BCUT2D eigenvalue weighted by atomic mass is 16.5. The van der Waals surface area contributed by atoms with E-state index in [1.54, 1.807) is 0 Å². The minimum atomic E-state index is -0.260. The van der Waals surface area contributed by atoms with Gasteiger partial charge in [0, 0.05) is 6.61 Å². The van der Waals surface area contributed by atoms with Crippen molar-refractivity contribution in [2.24, 2.45) is 5.92 Å². The van der Waals surface area contributed by atoms with Crippen LogP contribution in [0.15, 0.2) is 0 Å². The van der Waals surface area contributed by atoms with Crippen LogP contribution in [-0.2, 0) is 4.74 Å². The molecule has 2 heteroatoms.